The minimum Gasteiger partial charge on any atom is -0.444 e. The van der Waals surface area contributed by atoms with Crippen molar-refractivity contribution in [3.8, 4) is 0 Å². The van der Waals surface area contributed by atoms with Crippen molar-refractivity contribution >= 4 is 6.09 Å². The normalized spacial score (nSPS) is 17.9. The molecule has 1 fully saturated rings. The minimum atomic E-state index is -0.520. The maximum Gasteiger partial charge on any atom is 0.410 e. The number of carbonyl (C=O) groups excluding carboxylic acids is 1. The summed E-state index contributed by atoms with van der Waals surface area (Å²) in [6.07, 6.45) is 0.709. The van der Waals surface area contributed by atoms with E-state index in [-0.39, 0.29) is 12.1 Å². The number of methoxy groups -OCH3 is 1. The van der Waals surface area contributed by atoms with E-state index in [1.165, 1.54) is 5.56 Å². The Labute approximate surface area is 178 Å². The first kappa shape index (κ1) is 22.2. The number of nitrogens with zero attached hydrogens (tertiary/aromatic N) is 4. The van der Waals surface area contributed by atoms with Gasteiger partial charge in [-0.1, -0.05) is 36.3 Å². The second-order valence-corrected chi connectivity index (χ2v) is 8.55. The fourth-order valence-corrected chi connectivity index (χ4v) is 3.51. The van der Waals surface area contributed by atoms with E-state index in [9.17, 15) is 4.79 Å². The molecule has 1 unspecified atom stereocenters. The van der Waals surface area contributed by atoms with Crippen LogP contribution in [0.15, 0.2) is 28.8 Å². The van der Waals surface area contributed by atoms with Crippen molar-refractivity contribution in [3.63, 3.8) is 0 Å². The zero-order chi connectivity index (χ0) is 21.7. The molecule has 30 heavy (non-hydrogen) atoms. The molecule has 8 heteroatoms. The fraction of sp³-hybridized carbons (Fsp3) is 0.591. The molecule has 3 rings (SSSR count). The molecule has 1 aromatic carbocycles. The average molecular weight is 417 g/mol. The van der Waals surface area contributed by atoms with Crippen LogP contribution in [0.5, 0.6) is 0 Å². The van der Waals surface area contributed by atoms with E-state index in [2.05, 4.69) is 46.2 Å². The van der Waals surface area contributed by atoms with Gasteiger partial charge in [0, 0.05) is 26.7 Å². The van der Waals surface area contributed by atoms with Gasteiger partial charge in [-0.3, -0.25) is 4.90 Å². The smallest absolute Gasteiger partial charge is 0.410 e. The van der Waals surface area contributed by atoms with E-state index in [1.54, 1.807) is 12.0 Å². The molecule has 1 amide bonds. The molecule has 1 aliphatic rings. The molecule has 1 atom stereocenters. The lowest BCUT2D eigenvalue weighted by Crippen LogP contribution is -2.51. The van der Waals surface area contributed by atoms with E-state index < -0.39 is 5.60 Å². The van der Waals surface area contributed by atoms with Gasteiger partial charge in [0.1, 0.15) is 12.2 Å². The lowest BCUT2D eigenvalue weighted by atomic mass is 10.00. The number of benzene rings is 1. The lowest BCUT2D eigenvalue weighted by molar-refractivity contribution is 0.000513. The van der Waals surface area contributed by atoms with Crippen molar-refractivity contribution in [3.05, 3.63) is 47.1 Å². The van der Waals surface area contributed by atoms with Gasteiger partial charge in [-0.05, 0) is 38.3 Å². The van der Waals surface area contributed by atoms with Gasteiger partial charge in [0.15, 0.2) is 5.82 Å². The SMILES string of the molecule is CCc1ccc(C2CN(C(=O)OC(C)(C)C)CCN2Cc2nc(COC)no2)cc1. The van der Waals surface area contributed by atoms with Crippen LogP contribution in [-0.4, -0.2) is 58.4 Å². The first-order valence-electron chi connectivity index (χ1n) is 10.4. The first-order valence-corrected chi connectivity index (χ1v) is 10.4. The molecule has 0 aliphatic carbocycles. The van der Waals surface area contributed by atoms with Crippen molar-refractivity contribution in [2.45, 2.75) is 58.9 Å². The highest BCUT2D eigenvalue weighted by Gasteiger charge is 2.33. The summed E-state index contributed by atoms with van der Waals surface area (Å²) in [6, 6.07) is 8.57. The van der Waals surface area contributed by atoms with Gasteiger partial charge in [0.2, 0.25) is 5.89 Å². The van der Waals surface area contributed by atoms with Crippen molar-refractivity contribution in [1.29, 1.82) is 0 Å². The Hall–Kier alpha value is -2.45. The largest absolute Gasteiger partial charge is 0.444 e. The van der Waals surface area contributed by atoms with Crippen LogP contribution in [0.3, 0.4) is 0 Å². The zero-order valence-electron chi connectivity index (χ0n) is 18.6. The molecule has 0 spiro atoms. The average Bonchev–Trinajstić information content (AvgIpc) is 3.14. The third-order valence-electron chi connectivity index (χ3n) is 5.04. The Balaban J connectivity index is 1.78. The standard InChI is InChI=1S/C22H32N4O4/c1-6-16-7-9-17(10-8-16)18-13-26(21(27)29-22(2,3)4)12-11-25(18)14-20-23-19(15-28-5)24-30-20/h7-10,18H,6,11-15H2,1-5H3. The van der Waals surface area contributed by atoms with E-state index in [0.717, 1.165) is 12.0 Å². The van der Waals surface area contributed by atoms with E-state index >= 15 is 0 Å². The molecule has 2 aromatic rings. The van der Waals surface area contributed by atoms with Gasteiger partial charge in [-0.15, -0.1) is 0 Å². The van der Waals surface area contributed by atoms with Gasteiger partial charge in [-0.25, -0.2) is 4.79 Å². The van der Waals surface area contributed by atoms with E-state index in [0.29, 0.717) is 44.5 Å². The Morgan fingerprint density at radius 1 is 1.23 bits per heavy atom. The van der Waals surface area contributed by atoms with Crippen LogP contribution in [0.2, 0.25) is 0 Å². The van der Waals surface area contributed by atoms with Crippen LogP contribution in [-0.2, 0) is 29.0 Å². The predicted octanol–water partition coefficient (Wildman–Crippen LogP) is 3.57. The molecule has 0 bridgehead atoms. The number of rotatable bonds is 6. The number of amides is 1. The van der Waals surface area contributed by atoms with E-state index in [4.69, 9.17) is 14.0 Å². The highest BCUT2D eigenvalue weighted by atomic mass is 16.6. The summed E-state index contributed by atoms with van der Waals surface area (Å²) in [5.41, 5.74) is 1.91. The maximum atomic E-state index is 12.7. The first-order chi connectivity index (χ1) is 14.3. The van der Waals surface area contributed by atoms with Crippen molar-refractivity contribution in [2.75, 3.05) is 26.7 Å². The topological polar surface area (TPSA) is 80.9 Å². The highest BCUT2D eigenvalue weighted by molar-refractivity contribution is 5.68. The van der Waals surface area contributed by atoms with Crippen LogP contribution in [0.4, 0.5) is 4.79 Å². The quantitative estimate of drug-likeness (QED) is 0.712. The lowest BCUT2D eigenvalue weighted by Gasteiger charge is -2.41. The molecule has 8 nitrogen and oxygen atoms in total. The Kier molecular flexibility index (Phi) is 7.10. The predicted molar refractivity (Wildman–Crippen MR) is 112 cm³/mol. The Bertz CT molecular complexity index is 828. The molecule has 0 saturated carbocycles. The number of hydrogen-bond donors (Lipinski definition) is 0. The molecule has 0 radical (unpaired) electrons. The summed E-state index contributed by atoms with van der Waals surface area (Å²) < 4.78 is 16.1. The van der Waals surface area contributed by atoms with Gasteiger partial charge >= 0.3 is 6.09 Å². The Morgan fingerprint density at radius 3 is 2.60 bits per heavy atom. The monoisotopic (exact) mass is 416 g/mol. The second kappa shape index (κ2) is 9.57. The number of carbonyl (C=O) groups is 1. The zero-order valence-corrected chi connectivity index (χ0v) is 18.6. The summed E-state index contributed by atoms with van der Waals surface area (Å²) in [6.45, 7) is 10.4. The summed E-state index contributed by atoms with van der Waals surface area (Å²) in [4.78, 5) is 21.1. The second-order valence-electron chi connectivity index (χ2n) is 8.55. The van der Waals surface area contributed by atoms with Crippen LogP contribution in [0.1, 0.15) is 56.6 Å². The van der Waals surface area contributed by atoms with Crippen molar-refractivity contribution < 1.29 is 18.8 Å². The molecule has 1 saturated heterocycles. The molecular formula is C22H32N4O4. The molecular weight excluding hydrogens is 384 g/mol. The fourth-order valence-electron chi connectivity index (χ4n) is 3.51. The van der Waals surface area contributed by atoms with Crippen LogP contribution < -0.4 is 0 Å². The minimum absolute atomic E-state index is 0.00921. The number of hydrogen-bond acceptors (Lipinski definition) is 7. The third kappa shape index (κ3) is 5.79. The van der Waals surface area contributed by atoms with Crippen molar-refractivity contribution in [1.82, 2.24) is 19.9 Å². The molecule has 1 aliphatic heterocycles. The van der Waals surface area contributed by atoms with Gasteiger partial charge in [-0.2, -0.15) is 4.98 Å². The summed E-state index contributed by atoms with van der Waals surface area (Å²) in [5.74, 6) is 1.08. The van der Waals surface area contributed by atoms with E-state index in [1.807, 2.05) is 20.8 Å². The molecule has 164 valence electrons. The molecule has 1 aromatic heterocycles. The maximum absolute atomic E-state index is 12.7. The molecule has 0 N–H and O–H groups in total. The van der Waals surface area contributed by atoms with Gasteiger partial charge < -0.3 is 18.9 Å². The highest BCUT2D eigenvalue weighted by Crippen LogP contribution is 2.28. The number of aromatic nitrogens is 2. The number of aryl methyl sites for hydroxylation is 1. The summed E-state index contributed by atoms with van der Waals surface area (Å²) in [7, 11) is 1.60. The van der Waals surface area contributed by atoms with Crippen LogP contribution in [0, 0.1) is 0 Å². The number of piperazine rings is 1. The van der Waals surface area contributed by atoms with Crippen molar-refractivity contribution in [2.24, 2.45) is 0 Å². The number of ether oxygens (including phenoxy) is 2. The summed E-state index contributed by atoms with van der Waals surface area (Å²) >= 11 is 0. The Morgan fingerprint density at radius 2 is 1.97 bits per heavy atom. The van der Waals surface area contributed by atoms with Gasteiger partial charge in [0.25, 0.3) is 0 Å². The van der Waals surface area contributed by atoms with Crippen LogP contribution >= 0.6 is 0 Å². The molecule has 2 heterocycles. The van der Waals surface area contributed by atoms with Crippen LogP contribution in [0.25, 0.3) is 0 Å². The summed E-state index contributed by atoms with van der Waals surface area (Å²) in [5, 5.41) is 3.95. The third-order valence-corrected chi connectivity index (χ3v) is 5.04. The van der Waals surface area contributed by atoms with Gasteiger partial charge in [0.05, 0.1) is 12.6 Å².